The van der Waals surface area contributed by atoms with Gasteiger partial charge >= 0.3 is 0 Å². The van der Waals surface area contributed by atoms with Crippen molar-refractivity contribution in [3.05, 3.63) is 59.2 Å². The van der Waals surface area contributed by atoms with E-state index < -0.39 is 0 Å². The maximum atomic E-state index is 12.2. The van der Waals surface area contributed by atoms with E-state index in [2.05, 4.69) is 36.4 Å². The summed E-state index contributed by atoms with van der Waals surface area (Å²) in [6, 6.07) is 8.67. The van der Waals surface area contributed by atoms with Gasteiger partial charge in [0.2, 0.25) is 0 Å². The van der Waals surface area contributed by atoms with Gasteiger partial charge in [-0.05, 0) is 42.4 Å². The lowest BCUT2D eigenvalue weighted by molar-refractivity contribution is -0.118. The van der Waals surface area contributed by atoms with E-state index in [1.807, 2.05) is 6.08 Å². The summed E-state index contributed by atoms with van der Waals surface area (Å²) in [6.45, 7) is 0. The molecule has 0 unspecified atom stereocenters. The Kier molecular flexibility index (Phi) is 2.11. The first-order valence-electron chi connectivity index (χ1n) is 6.83. The van der Waals surface area contributed by atoms with Gasteiger partial charge in [0.1, 0.15) is 0 Å². The highest BCUT2D eigenvalue weighted by Crippen LogP contribution is 2.49. The zero-order valence-corrected chi connectivity index (χ0v) is 10.3. The molecule has 0 radical (unpaired) electrons. The quantitative estimate of drug-likeness (QED) is 0.631. The lowest BCUT2D eigenvalue weighted by Crippen LogP contribution is -2.31. The summed E-state index contributed by atoms with van der Waals surface area (Å²) in [4.78, 5) is 12.2. The minimum atomic E-state index is 0.187. The highest BCUT2D eigenvalue weighted by molar-refractivity contribution is 5.96. The summed E-state index contributed by atoms with van der Waals surface area (Å²) in [5, 5.41) is 0. The molecule has 3 aliphatic rings. The molecule has 0 spiro atoms. The molecule has 1 aromatic rings. The number of aryl methyl sites for hydroxylation is 1. The average Bonchev–Trinajstić information content (AvgIpc) is 2.80. The SMILES string of the molecule is O=C1C=C[C@@H]2CC=C3CCc4ccccc4[C@@H]3[C@H]12. The molecule has 18 heavy (non-hydrogen) atoms. The van der Waals surface area contributed by atoms with E-state index in [0.29, 0.717) is 17.6 Å². The second kappa shape index (κ2) is 3.68. The molecule has 0 N–H and O–H groups in total. The molecule has 0 bridgehead atoms. The fourth-order valence-electron chi connectivity index (χ4n) is 3.94. The topological polar surface area (TPSA) is 17.1 Å². The van der Waals surface area contributed by atoms with E-state index in [4.69, 9.17) is 0 Å². The van der Waals surface area contributed by atoms with Gasteiger partial charge in [0.15, 0.2) is 5.78 Å². The number of carbonyl (C=O) groups is 1. The molecule has 0 amide bonds. The molecule has 90 valence electrons. The van der Waals surface area contributed by atoms with Crippen LogP contribution in [0.4, 0.5) is 0 Å². The van der Waals surface area contributed by atoms with Gasteiger partial charge in [-0.2, -0.15) is 0 Å². The van der Waals surface area contributed by atoms with Crippen LogP contribution in [0.3, 0.4) is 0 Å². The number of fused-ring (bicyclic) bond motifs is 5. The van der Waals surface area contributed by atoms with E-state index in [0.717, 1.165) is 19.3 Å². The number of ketones is 1. The van der Waals surface area contributed by atoms with E-state index in [-0.39, 0.29) is 5.92 Å². The van der Waals surface area contributed by atoms with E-state index >= 15 is 0 Å². The van der Waals surface area contributed by atoms with Crippen molar-refractivity contribution in [1.82, 2.24) is 0 Å². The van der Waals surface area contributed by atoms with Gasteiger partial charge in [0.05, 0.1) is 0 Å². The summed E-state index contributed by atoms with van der Waals surface area (Å²) >= 11 is 0. The third-order valence-corrected chi connectivity index (χ3v) is 4.78. The maximum Gasteiger partial charge on any atom is 0.159 e. The van der Waals surface area contributed by atoms with Gasteiger partial charge in [-0.3, -0.25) is 4.79 Å². The lowest BCUT2D eigenvalue weighted by atomic mass is 9.65. The summed E-state index contributed by atoms with van der Waals surface area (Å²) in [7, 11) is 0. The molecule has 0 fully saturated rings. The van der Waals surface area contributed by atoms with Crippen LogP contribution in [0.25, 0.3) is 0 Å². The number of carbonyl (C=O) groups excluding carboxylic acids is 1. The first-order chi connectivity index (χ1) is 8.84. The monoisotopic (exact) mass is 236 g/mol. The summed E-state index contributed by atoms with van der Waals surface area (Å²) in [6.07, 6.45) is 9.65. The number of allylic oxidation sites excluding steroid dienone is 4. The second-order valence-corrected chi connectivity index (χ2v) is 5.64. The summed E-state index contributed by atoms with van der Waals surface area (Å²) in [5.41, 5.74) is 4.36. The molecular weight excluding hydrogens is 220 g/mol. The number of benzene rings is 1. The normalized spacial score (nSPS) is 32.6. The molecule has 0 aliphatic heterocycles. The minimum absolute atomic E-state index is 0.187. The third kappa shape index (κ3) is 1.30. The minimum Gasteiger partial charge on any atom is -0.294 e. The highest BCUT2D eigenvalue weighted by atomic mass is 16.1. The van der Waals surface area contributed by atoms with Gasteiger partial charge in [-0.25, -0.2) is 0 Å². The van der Waals surface area contributed by atoms with Gasteiger partial charge < -0.3 is 0 Å². The average molecular weight is 236 g/mol. The summed E-state index contributed by atoms with van der Waals surface area (Å²) < 4.78 is 0. The molecule has 1 aromatic carbocycles. The van der Waals surface area contributed by atoms with Crippen LogP contribution in [0.15, 0.2) is 48.1 Å². The van der Waals surface area contributed by atoms with Crippen molar-refractivity contribution in [1.29, 1.82) is 0 Å². The van der Waals surface area contributed by atoms with Crippen molar-refractivity contribution in [3.63, 3.8) is 0 Å². The molecular formula is C17H16O. The van der Waals surface area contributed by atoms with Crippen molar-refractivity contribution >= 4 is 5.78 Å². The van der Waals surface area contributed by atoms with Crippen molar-refractivity contribution in [2.45, 2.75) is 25.2 Å². The zero-order chi connectivity index (χ0) is 12.1. The van der Waals surface area contributed by atoms with E-state index in [9.17, 15) is 4.79 Å². The molecule has 0 aromatic heterocycles. The Balaban J connectivity index is 1.87. The molecule has 3 atom stereocenters. The van der Waals surface area contributed by atoms with E-state index in [1.54, 1.807) is 0 Å². The van der Waals surface area contributed by atoms with Crippen LogP contribution >= 0.6 is 0 Å². The van der Waals surface area contributed by atoms with Crippen molar-refractivity contribution in [2.24, 2.45) is 11.8 Å². The third-order valence-electron chi connectivity index (χ3n) is 4.78. The highest BCUT2D eigenvalue weighted by Gasteiger charge is 2.42. The van der Waals surface area contributed by atoms with Crippen molar-refractivity contribution < 1.29 is 4.79 Å². The Morgan fingerprint density at radius 1 is 1.11 bits per heavy atom. The van der Waals surface area contributed by atoms with Crippen LogP contribution in [0, 0.1) is 11.8 Å². The Bertz CT molecular complexity index is 579. The smallest absolute Gasteiger partial charge is 0.159 e. The lowest BCUT2D eigenvalue weighted by Gasteiger charge is -2.38. The van der Waals surface area contributed by atoms with Crippen molar-refractivity contribution in [2.75, 3.05) is 0 Å². The molecule has 1 nitrogen and oxygen atoms in total. The zero-order valence-electron chi connectivity index (χ0n) is 10.3. The predicted octanol–water partition coefficient (Wildman–Crippen LogP) is 3.42. The Morgan fingerprint density at radius 3 is 2.94 bits per heavy atom. The van der Waals surface area contributed by atoms with Crippen LogP contribution in [0.2, 0.25) is 0 Å². The van der Waals surface area contributed by atoms with Crippen molar-refractivity contribution in [3.8, 4) is 0 Å². The fraction of sp³-hybridized carbons (Fsp3) is 0.353. The summed E-state index contributed by atoms with van der Waals surface area (Å²) in [5.74, 6) is 1.33. The predicted molar refractivity (Wildman–Crippen MR) is 71.3 cm³/mol. The molecule has 0 saturated carbocycles. The van der Waals surface area contributed by atoms with Crippen LogP contribution in [0.1, 0.15) is 29.9 Å². The molecule has 0 heterocycles. The van der Waals surface area contributed by atoms with Gasteiger partial charge in [-0.15, -0.1) is 0 Å². The largest absolute Gasteiger partial charge is 0.294 e. The number of rotatable bonds is 0. The molecule has 1 heteroatoms. The van der Waals surface area contributed by atoms with Crippen LogP contribution in [0.5, 0.6) is 0 Å². The molecule has 3 aliphatic carbocycles. The Labute approximate surface area is 107 Å². The standard InChI is InChI=1S/C17H16O/c18-15-10-9-13-8-7-12-6-5-11-3-1-2-4-14(11)16(12)17(13)15/h1-4,7,9-10,13,16-17H,5-6,8H2/t13-,16+,17-/m0/s1. The first kappa shape index (κ1) is 10.3. The number of hydrogen-bond donors (Lipinski definition) is 0. The Morgan fingerprint density at radius 2 is 2.00 bits per heavy atom. The molecule has 4 rings (SSSR count). The molecule has 0 saturated heterocycles. The fourth-order valence-corrected chi connectivity index (χ4v) is 3.94. The van der Waals surface area contributed by atoms with Gasteiger partial charge in [-0.1, -0.05) is 42.0 Å². The van der Waals surface area contributed by atoms with Crippen LogP contribution in [-0.4, -0.2) is 5.78 Å². The maximum absolute atomic E-state index is 12.2. The Hall–Kier alpha value is -1.63. The van der Waals surface area contributed by atoms with E-state index in [1.165, 1.54) is 16.7 Å². The van der Waals surface area contributed by atoms with Gasteiger partial charge in [0, 0.05) is 11.8 Å². The second-order valence-electron chi connectivity index (χ2n) is 5.64. The van der Waals surface area contributed by atoms with Crippen LogP contribution < -0.4 is 0 Å². The first-order valence-corrected chi connectivity index (χ1v) is 6.83. The van der Waals surface area contributed by atoms with Crippen LogP contribution in [-0.2, 0) is 11.2 Å². The van der Waals surface area contributed by atoms with Gasteiger partial charge in [0.25, 0.3) is 0 Å². The number of hydrogen-bond acceptors (Lipinski definition) is 1.